The maximum absolute atomic E-state index is 14.5. The van der Waals surface area contributed by atoms with Crippen LogP contribution in [0.4, 0.5) is 14.5 Å². The van der Waals surface area contributed by atoms with Crippen molar-refractivity contribution in [3.63, 3.8) is 0 Å². The third-order valence-corrected chi connectivity index (χ3v) is 3.71. The zero-order chi connectivity index (χ0) is 14.3. The third-order valence-electron chi connectivity index (χ3n) is 3.71. The van der Waals surface area contributed by atoms with E-state index in [-0.39, 0.29) is 22.7 Å². The number of ether oxygens (including phenoxy) is 1. The van der Waals surface area contributed by atoms with Crippen LogP contribution < -0.4 is 10.3 Å². The number of hydrogen-bond donors (Lipinski definition) is 1. The number of halogens is 2. The van der Waals surface area contributed by atoms with E-state index < -0.39 is 17.1 Å². The fourth-order valence-electron chi connectivity index (χ4n) is 2.67. The van der Waals surface area contributed by atoms with Crippen LogP contribution in [0, 0.1) is 11.6 Å². The van der Waals surface area contributed by atoms with Gasteiger partial charge in [-0.2, -0.15) is 0 Å². The number of H-pyrrole nitrogens is 1. The number of anilines is 1. The minimum absolute atomic E-state index is 0.0430. The van der Waals surface area contributed by atoms with Crippen molar-refractivity contribution in [2.24, 2.45) is 0 Å². The Morgan fingerprint density at radius 3 is 2.95 bits per heavy atom. The topological polar surface area (TPSA) is 45.3 Å². The van der Waals surface area contributed by atoms with Gasteiger partial charge in [-0.05, 0) is 6.42 Å². The molecule has 0 aliphatic carbocycles. The molecule has 1 atom stereocenters. The second-order valence-electron chi connectivity index (χ2n) is 4.88. The third kappa shape index (κ3) is 1.96. The first kappa shape index (κ1) is 13.1. The Kier molecular flexibility index (Phi) is 3.17. The normalized spacial score (nSPS) is 18.9. The standard InChI is InChI=1S/C14H14F2N2O2/c1-20-8-3-5-18(7-8)14-9(15)6-10-12(13(14)16)11(19)2-4-17-10/h2,4,6,8H,3,5,7H2,1H3,(H,17,19). The van der Waals surface area contributed by atoms with E-state index in [1.165, 1.54) is 12.3 Å². The van der Waals surface area contributed by atoms with Crippen LogP contribution in [0.15, 0.2) is 23.1 Å². The summed E-state index contributed by atoms with van der Waals surface area (Å²) >= 11 is 0. The van der Waals surface area contributed by atoms with Crippen LogP contribution in [0.2, 0.25) is 0 Å². The first-order valence-corrected chi connectivity index (χ1v) is 6.39. The minimum atomic E-state index is -0.807. The zero-order valence-electron chi connectivity index (χ0n) is 11.0. The van der Waals surface area contributed by atoms with Gasteiger partial charge in [0, 0.05) is 38.5 Å². The summed E-state index contributed by atoms with van der Waals surface area (Å²) in [5.74, 6) is -1.48. The van der Waals surface area contributed by atoms with Gasteiger partial charge in [0.25, 0.3) is 0 Å². The Labute approximate surface area is 114 Å². The summed E-state index contributed by atoms with van der Waals surface area (Å²) in [6, 6.07) is 2.39. The van der Waals surface area contributed by atoms with Gasteiger partial charge >= 0.3 is 0 Å². The maximum atomic E-state index is 14.5. The van der Waals surface area contributed by atoms with Crippen molar-refractivity contribution < 1.29 is 13.5 Å². The summed E-state index contributed by atoms with van der Waals surface area (Å²) in [5, 5.41) is -0.107. The van der Waals surface area contributed by atoms with E-state index in [0.717, 1.165) is 6.07 Å². The van der Waals surface area contributed by atoms with Gasteiger partial charge in [0.1, 0.15) is 5.69 Å². The Morgan fingerprint density at radius 1 is 1.45 bits per heavy atom. The van der Waals surface area contributed by atoms with Crippen molar-refractivity contribution in [2.45, 2.75) is 12.5 Å². The van der Waals surface area contributed by atoms with Gasteiger partial charge in [0.2, 0.25) is 0 Å². The molecule has 1 N–H and O–H groups in total. The second-order valence-corrected chi connectivity index (χ2v) is 4.88. The van der Waals surface area contributed by atoms with Crippen molar-refractivity contribution >= 4 is 16.6 Å². The summed E-state index contributed by atoms with van der Waals surface area (Å²) in [5.41, 5.74) is -0.438. The van der Waals surface area contributed by atoms with Crippen LogP contribution in [0.5, 0.6) is 0 Å². The highest BCUT2D eigenvalue weighted by atomic mass is 19.1. The monoisotopic (exact) mass is 280 g/mol. The number of pyridine rings is 1. The van der Waals surface area contributed by atoms with Gasteiger partial charge in [-0.25, -0.2) is 8.78 Å². The number of fused-ring (bicyclic) bond motifs is 1. The lowest BCUT2D eigenvalue weighted by Gasteiger charge is -2.20. The number of benzene rings is 1. The molecule has 1 saturated heterocycles. The molecule has 1 aliphatic heterocycles. The lowest BCUT2D eigenvalue weighted by molar-refractivity contribution is 0.121. The number of nitrogens with zero attached hydrogens (tertiary/aromatic N) is 1. The number of nitrogens with one attached hydrogen (secondary N) is 1. The van der Waals surface area contributed by atoms with Crippen molar-refractivity contribution in [2.75, 3.05) is 25.1 Å². The summed E-state index contributed by atoms with van der Waals surface area (Å²) in [4.78, 5) is 16.0. The number of rotatable bonds is 2. The summed E-state index contributed by atoms with van der Waals surface area (Å²) < 4.78 is 33.9. The lowest BCUT2D eigenvalue weighted by atomic mass is 10.1. The average Bonchev–Trinajstić information content (AvgIpc) is 2.87. The molecular formula is C14H14F2N2O2. The number of aromatic amines is 1. The molecule has 0 amide bonds. The molecule has 0 radical (unpaired) electrons. The molecule has 0 bridgehead atoms. The quantitative estimate of drug-likeness (QED) is 0.915. The first-order valence-electron chi connectivity index (χ1n) is 6.39. The summed E-state index contributed by atoms with van der Waals surface area (Å²) in [6.45, 7) is 0.920. The lowest BCUT2D eigenvalue weighted by Crippen LogP contribution is -2.25. The van der Waals surface area contributed by atoms with E-state index >= 15 is 0 Å². The van der Waals surface area contributed by atoms with Crippen LogP contribution >= 0.6 is 0 Å². The van der Waals surface area contributed by atoms with Crippen molar-refractivity contribution in [3.8, 4) is 0 Å². The highest BCUT2D eigenvalue weighted by molar-refractivity contribution is 5.83. The average molecular weight is 280 g/mol. The molecule has 20 heavy (non-hydrogen) atoms. The summed E-state index contributed by atoms with van der Waals surface area (Å²) in [6.07, 6.45) is 2.04. The van der Waals surface area contributed by atoms with E-state index in [1.54, 1.807) is 12.0 Å². The molecule has 1 aromatic heterocycles. The maximum Gasteiger partial charge on any atom is 0.192 e. The molecule has 2 aromatic rings. The smallest absolute Gasteiger partial charge is 0.192 e. The Morgan fingerprint density at radius 2 is 2.25 bits per heavy atom. The summed E-state index contributed by atoms with van der Waals surface area (Å²) in [7, 11) is 1.58. The first-order chi connectivity index (χ1) is 9.61. The highest BCUT2D eigenvalue weighted by Gasteiger charge is 2.28. The predicted molar refractivity (Wildman–Crippen MR) is 72.1 cm³/mol. The van der Waals surface area contributed by atoms with E-state index in [9.17, 15) is 13.6 Å². The molecule has 0 saturated carbocycles. The molecule has 1 unspecified atom stereocenters. The number of hydrogen-bond acceptors (Lipinski definition) is 3. The molecule has 4 nitrogen and oxygen atoms in total. The van der Waals surface area contributed by atoms with Gasteiger partial charge in [0.15, 0.2) is 17.1 Å². The van der Waals surface area contributed by atoms with Crippen molar-refractivity contribution in [1.82, 2.24) is 4.98 Å². The predicted octanol–water partition coefficient (Wildman–Crippen LogP) is 2.03. The number of methoxy groups -OCH3 is 1. The van der Waals surface area contributed by atoms with Crippen LogP contribution in [-0.4, -0.2) is 31.3 Å². The molecule has 106 valence electrons. The fraction of sp³-hybridized carbons (Fsp3) is 0.357. The van der Waals surface area contributed by atoms with E-state index in [4.69, 9.17) is 4.74 Å². The molecule has 0 spiro atoms. The molecular weight excluding hydrogens is 266 g/mol. The minimum Gasteiger partial charge on any atom is -0.380 e. The van der Waals surface area contributed by atoms with Gasteiger partial charge in [-0.3, -0.25) is 4.79 Å². The van der Waals surface area contributed by atoms with Gasteiger partial charge in [0.05, 0.1) is 17.0 Å². The molecule has 6 heteroatoms. The van der Waals surface area contributed by atoms with Crippen LogP contribution in [0.3, 0.4) is 0 Å². The van der Waals surface area contributed by atoms with Crippen molar-refractivity contribution in [3.05, 3.63) is 40.2 Å². The van der Waals surface area contributed by atoms with Gasteiger partial charge < -0.3 is 14.6 Å². The molecule has 1 aromatic carbocycles. The van der Waals surface area contributed by atoms with Crippen LogP contribution in [-0.2, 0) is 4.74 Å². The van der Waals surface area contributed by atoms with Gasteiger partial charge in [-0.15, -0.1) is 0 Å². The Hall–Kier alpha value is -1.95. The zero-order valence-corrected chi connectivity index (χ0v) is 11.0. The number of aromatic nitrogens is 1. The van der Waals surface area contributed by atoms with Gasteiger partial charge in [-0.1, -0.05) is 0 Å². The SMILES string of the molecule is COC1CCN(c2c(F)cc3[nH]ccc(=O)c3c2F)C1. The molecule has 1 fully saturated rings. The largest absolute Gasteiger partial charge is 0.380 e. The van der Waals surface area contributed by atoms with E-state index in [0.29, 0.717) is 19.5 Å². The van der Waals surface area contributed by atoms with Crippen LogP contribution in [0.1, 0.15) is 6.42 Å². The Balaban J connectivity index is 2.16. The van der Waals surface area contributed by atoms with E-state index in [2.05, 4.69) is 4.98 Å². The second kappa shape index (κ2) is 4.86. The fourth-order valence-corrected chi connectivity index (χ4v) is 2.67. The van der Waals surface area contributed by atoms with Crippen LogP contribution in [0.25, 0.3) is 10.9 Å². The molecule has 2 heterocycles. The van der Waals surface area contributed by atoms with Crippen molar-refractivity contribution in [1.29, 1.82) is 0 Å². The van der Waals surface area contributed by atoms with E-state index in [1.807, 2.05) is 0 Å². The molecule has 3 rings (SSSR count). The Bertz CT molecular complexity index is 714. The highest BCUT2D eigenvalue weighted by Crippen LogP contribution is 2.31. The molecule has 1 aliphatic rings.